The summed E-state index contributed by atoms with van der Waals surface area (Å²) in [7, 11) is -4.00. The van der Waals surface area contributed by atoms with Crippen LogP contribution in [-0.4, -0.2) is 39.2 Å². The highest BCUT2D eigenvalue weighted by Gasteiger charge is 2.59. The molecule has 0 aliphatic heterocycles. The van der Waals surface area contributed by atoms with E-state index in [2.05, 4.69) is 15.1 Å². The summed E-state index contributed by atoms with van der Waals surface area (Å²) in [5.41, 5.74) is -1.98. The molecule has 2 aromatic heterocycles. The van der Waals surface area contributed by atoms with Crippen molar-refractivity contribution in [2.75, 3.05) is 0 Å². The minimum absolute atomic E-state index is 0.126. The van der Waals surface area contributed by atoms with Crippen LogP contribution >= 0.6 is 0 Å². The van der Waals surface area contributed by atoms with Gasteiger partial charge in [0.15, 0.2) is 15.5 Å². The molecule has 2 bridgehead atoms. The highest BCUT2D eigenvalue weighted by molar-refractivity contribution is 7.92. The second kappa shape index (κ2) is 9.38. The van der Waals surface area contributed by atoms with Gasteiger partial charge in [-0.25, -0.2) is 27.5 Å². The van der Waals surface area contributed by atoms with Gasteiger partial charge in [0.1, 0.15) is 17.3 Å². The Balaban J connectivity index is 1.37. The topological polar surface area (TPSA) is 94.8 Å². The Labute approximate surface area is 217 Å². The van der Waals surface area contributed by atoms with E-state index < -0.39 is 69.3 Å². The zero-order valence-corrected chi connectivity index (χ0v) is 20.6. The maximum atomic E-state index is 13.7. The highest BCUT2D eigenvalue weighted by Crippen LogP contribution is 2.56. The molecule has 2 atom stereocenters. The van der Waals surface area contributed by atoms with E-state index in [9.17, 15) is 43.9 Å². The van der Waals surface area contributed by atoms with Crippen molar-refractivity contribution >= 4 is 15.6 Å². The van der Waals surface area contributed by atoms with Gasteiger partial charge in [0.05, 0.1) is 22.5 Å². The first-order valence-corrected chi connectivity index (χ1v) is 13.3. The Bertz CT molecular complexity index is 1490. The molecule has 3 fully saturated rings. The Morgan fingerprint density at radius 2 is 1.56 bits per heavy atom. The van der Waals surface area contributed by atoms with Crippen LogP contribution in [0.15, 0.2) is 47.8 Å². The molecule has 1 aromatic carbocycles. The van der Waals surface area contributed by atoms with Crippen LogP contribution < -0.4 is 0 Å². The monoisotopic (exact) mass is 576 g/mol. The van der Waals surface area contributed by atoms with Crippen molar-refractivity contribution in [3.63, 3.8) is 0 Å². The smallest absolute Gasteiger partial charge is 0.299 e. The SMILES string of the molecule is O=C(CCc1cn(-c2cnc(C(F)(F)F)nc2)nc1C(F)(F)F)[C@@H]1C2CC(C2)C1S(=O)(=O)c1ccc(F)cc1. The van der Waals surface area contributed by atoms with Gasteiger partial charge in [0, 0.05) is 24.1 Å². The lowest BCUT2D eigenvalue weighted by atomic mass is 9.81. The van der Waals surface area contributed by atoms with E-state index in [4.69, 9.17) is 0 Å². The molecule has 2 heterocycles. The number of benzene rings is 1. The van der Waals surface area contributed by atoms with Gasteiger partial charge < -0.3 is 0 Å². The number of alkyl halides is 6. The summed E-state index contributed by atoms with van der Waals surface area (Å²) in [5, 5.41) is 2.39. The quantitative estimate of drug-likeness (QED) is 0.295. The third-order valence-electron chi connectivity index (χ3n) is 7.27. The fourth-order valence-corrected chi connectivity index (χ4v) is 7.80. The minimum atomic E-state index is -4.93. The number of halogens is 7. The summed E-state index contributed by atoms with van der Waals surface area (Å²) < 4.78 is 120. The van der Waals surface area contributed by atoms with Gasteiger partial charge in [-0.15, -0.1) is 0 Å². The number of carbonyl (C=O) groups excluding carboxylic acids is 1. The molecule has 3 aliphatic rings. The average molecular weight is 576 g/mol. The van der Waals surface area contributed by atoms with E-state index in [1.54, 1.807) is 0 Å². The van der Waals surface area contributed by atoms with Crippen molar-refractivity contribution in [3.8, 4) is 5.69 Å². The Morgan fingerprint density at radius 3 is 2.13 bits per heavy atom. The molecule has 0 radical (unpaired) electrons. The Kier molecular flexibility index (Phi) is 6.55. The molecular weight excluding hydrogens is 557 g/mol. The lowest BCUT2D eigenvalue weighted by Crippen LogP contribution is -2.32. The average Bonchev–Trinajstić information content (AvgIpc) is 3.54. The summed E-state index contributed by atoms with van der Waals surface area (Å²) in [4.78, 5) is 19.3. The van der Waals surface area contributed by atoms with Crippen LogP contribution in [0.1, 0.15) is 36.3 Å². The second-order valence-corrected chi connectivity index (χ2v) is 11.8. The third-order valence-corrected chi connectivity index (χ3v) is 9.59. The van der Waals surface area contributed by atoms with Gasteiger partial charge >= 0.3 is 12.4 Å². The van der Waals surface area contributed by atoms with E-state index in [0.717, 1.165) is 30.5 Å². The van der Waals surface area contributed by atoms with Crippen LogP contribution in [-0.2, 0) is 33.4 Å². The largest absolute Gasteiger partial charge is 0.451 e. The van der Waals surface area contributed by atoms with Gasteiger partial charge in [0.2, 0.25) is 5.82 Å². The fraction of sp³-hybridized carbons (Fsp3) is 0.417. The molecule has 208 valence electrons. The first-order chi connectivity index (χ1) is 18.2. The highest BCUT2D eigenvalue weighted by atomic mass is 32.2. The van der Waals surface area contributed by atoms with E-state index in [-0.39, 0.29) is 28.0 Å². The summed E-state index contributed by atoms with van der Waals surface area (Å²) in [6.45, 7) is 0. The van der Waals surface area contributed by atoms with Crippen LogP contribution in [0.2, 0.25) is 0 Å². The molecule has 3 aliphatic carbocycles. The molecule has 0 saturated heterocycles. The second-order valence-electron chi connectivity index (χ2n) is 9.66. The van der Waals surface area contributed by atoms with Gasteiger partial charge in [-0.2, -0.15) is 31.4 Å². The van der Waals surface area contributed by atoms with Crippen molar-refractivity contribution in [2.24, 2.45) is 17.8 Å². The lowest BCUT2D eigenvalue weighted by Gasteiger charge is -2.24. The number of nitrogens with zero attached hydrogens (tertiary/aromatic N) is 4. The molecule has 39 heavy (non-hydrogen) atoms. The number of hydrogen-bond donors (Lipinski definition) is 0. The van der Waals surface area contributed by atoms with E-state index in [0.29, 0.717) is 29.9 Å². The number of aromatic nitrogens is 4. The number of fused-ring (bicyclic) bond motifs is 1. The van der Waals surface area contributed by atoms with Crippen molar-refractivity contribution in [2.45, 2.75) is 48.2 Å². The number of hydrogen-bond acceptors (Lipinski definition) is 6. The molecule has 3 saturated carbocycles. The number of ketones is 1. The number of Topliss-reactive ketones (excluding diaryl/α,β-unsaturated/α-hetero) is 1. The number of aryl methyl sites for hydroxylation is 1. The predicted octanol–water partition coefficient (Wildman–Crippen LogP) is 4.84. The van der Waals surface area contributed by atoms with Crippen molar-refractivity contribution < 1.29 is 43.9 Å². The van der Waals surface area contributed by atoms with Crippen LogP contribution in [0, 0.1) is 23.6 Å². The lowest BCUT2D eigenvalue weighted by molar-refractivity contribution is -0.145. The van der Waals surface area contributed by atoms with Crippen LogP contribution in [0.25, 0.3) is 5.69 Å². The molecule has 3 aromatic rings. The summed E-state index contributed by atoms with van der Waals surface area (Å²) >= 11 is 0. The van der Waals surface area contributed by atoms with E-state index in [1.165, 1.54) is 0 Å². The maximum absolute atomic E-state index is 13.7. The van der Waals surface area contributed by atoms with Gasteiger partial charge in [-0.3, -0.25) is 4.79 Å². The minimum Gasteiger partial charge on any atom is -0.299 e. The molecule has 6 rings (SSSR count). The number of carbonyl (C=O) groups is 1. The third kappa shape index (κ3) is 5.03. The summed E-state index contributed by atoms with van der Waals surface area (Å²) in [6, 6.07) is 4.25. The van der Waals surface area contributed by atoms with Crippen LogP contribution in [0.4, 0.5) is 30.7 Å². The molecule has 0 spiro atoms. The van der Waals surface area contributed by atoms with E-state index in [1.807, 2.05) is 0 Å². The summed E-state index contributed by atoms with van der Waals surface area (Å²) in [5.74, 6) is -3.99. The van der Waals surface area contributed by atoms with Gasteiger partial charge in [-0.05, 0) is 55.4 Å². The van der Waals surface area contributed by atoms with Crippen molar-refractivity contribution in [1.82, 2.24) is 19.7 Å². The van der Waals surface area contributed by atoms with Crippen molar-refractivity contribution in [3.05, 3.63) is 65.8 Å². The first-order valence-electron chi connectivity index (χ1n) is 11.7. The van der Waals surface area contributed by atoms with Gasteiger partial charge in [-0.1, -0.05) is 0 Å². The maximum Gasteiger partial charge on any atom is 0.451 e. The fourth-order valence-electron chi connectivity index (χ4n) is 5.48. The standard InChI is InChI=1S/C24H19F7N4O3S/c25-15-2-4-17(5-3-15)39(37,38)20-14-7-13(8-14)19(20)18(36)6-1-12-11-35(34-21(12)23(26,27)28)16-9-32-22(33-10-16)24(29,30)31/h2-5,9-11,13-14,19-20H,1,6-8H2/t13?,14?,19-,20?/m0/s1. The predicted molar refractivity (Wildman–Crippen MR) is 120 cm³/mol. The number of sulfone groups is 1. The normalized spacial score (nSPS) is 23.1. The molecular formula is C24H19F7N4O3S. The molecule has 1 unspecified atom stereocenters. The first kappa shape index (κ1) is 27.2. The number of rotatable bonds is 7. The Morgan fingerprint density at radius 1 is 0.949 bits per heavy atom. The van der Waals surface area contributed by atoms with Crippen LogP contribution in [0.3, 0.4) is 0 Å². The van der Waals surface area contributed by atoms with E-state index >= 15 is 0 Å². The zero-order valence-electron chi connectivity index (χ0n) is 19.7. The molecule has 0 amide bonds. The van der Waals surface area contributed by atoms with Crippen molar-refractivity contribution in [1.29, 1.82) is 0 Å². The Hall–Kier alpha value is -3.36. The molecule has 7 nitrogen and oxygen atoms in total. The van der Waals surface area contributed by atoms with Gasteiger partial charge in [0.25, 0.3) is 0 Å². The molecule has 15 heteroatoms. The zero-order chi connectivity index (χ0) is 28.3. The molecule has 0 N–H and O–H groups in total. The van der Waals surface area contributed by atoms with Crippen LogP contribution in [0.5, 0.6) is 0 Å². The summed E-state index contributed by atoms with van der Waals surface area (Å²) in [6.07, 6.45) is -7.31.